The second-order valence-electron chi connectivity index (χ2n) is 11.1. The number of nitrogens with one attached hydrogen (secondary N) is 1. The van der Waals surface area contributed by atoms with Crippen molar-refractivity contribution < 1.29 is 26.9 Å². The Morgan fingerprint density at radius 2 is 1.85 bits per heavy atom. The lowest BCUT2D eigenvalue weighted by Gasteiger charge is -2.34. The van der Waals surface area contributed by atoms with Crippen molar-refractivity contribution in [1.82, 2.24) is 19.9 Å². The molecular formula is C29H35N5O6S. The van der Waals surface area contributed by atoms with E-state index in [0.29, 0.717) is 5.75 Å². The van der Waals surface area contributed by atoms with Gasteiger partial charge in [0.2, 0.25) is 0 Å². The van der Waals surface area contributed by atoms with Gasteiger partial charge in [-0.3, -0.25) is 8.75 Å². The number of imidazole rings is 1. The van der Waals surface area contributed by atoms with E-state index in [1.165, 1.54) is 0 Å². The Hall–Kier alpha value is -3.90. The second-order valence-corrected chi connectivity index (χ2v) is 12.7. The predicted octanol–water partition coefficient (Wildman–Crippen LogP) is 4.42. The van der Waals surface area contributed by atoms with E-state index in [-0.39, 0.29) is 25.3 Å². The van der Waals surface area contributed by atoms with Crippen LogP contribution in [0, 0.1) is 0 Å². The summed E-state index contributed by atoms with van der Waals surface area (Å²) < 4.78 is 39.9. The Morgan fingerprint density at radius 1 is 1.07 bits per heavy atom. The minimum absolute atomic E-state index is 0.0629. The van der Waals surface area contributed by atoms with Gasteiger partial charge in [0.15, 0.2) is 0 Å². The van der Waals surface area contributed by atoms with Crippen LogP contribution >= 0.6 is 0 Å². The average molecular weight is 582 g/mol. The van der Waals surface area contributed by atoms with Gasteiger partial charge in [0.1, 0.15) is 36.7 Å². The van der Waals surface area contributed by atoms with Crippen LogP contribution in [0.2, 0.25) is 0 Å². The van der Waals surface area contributed by atoms with Crippen LogP contribution in [0.3, 0.4) is 0 Å². The van der Waals surface area contributed by atoms with E-state index < -0.39 is 15.7 Å². The summed E-state index contributed by atoms with van der Waals surface area (Å²) in [6, 6.07) is 15.8. The lowest BCUT2D eigenvalue weighted by atomic mass is 10.0. The molecule has 1 aliphatic rings. The summed E-state index contributed by atoms with van der Waals surface area (Å²) in [7, 11) is -3.50. The van der Waals surface area contributed by atoms with E-state index in [1.54, 1.807) is 12.4 Å². The van der Waals surface area contributed by atoms with Gasteiger partial charge in [-0.15, -0.1) is 0 Å². The van der Waals surface area contributed by atoms with Crippen molar-refractivity contribution in [3.63, 3.8) is 0 Å². The number of pyridine rings is 1. The standard InChI is InChI=1S/C29H35N5O6S/c1-29(2,3)40-28(35)31-21-12-14-33(15-13-21)25-7-5-6-20-8-11-26(32-27(20)25)34-19-30-23-18-22(9-10-24(23)34)38-16-17-39-41(4,36)37/h5-11,18-19,21H,12-17H2,1-4H3,(H,31,35). The number of ether oxygens (including phenoxy) is 2. The highest BCUT2D eigenvalue weighted by Crippen LogP contribution is 2.30. The smallest absolute Gasteiger partial charge is 0.407 e. The van der Waals surface area contributed by atoms with E-state index in [4.69, 9.17) is 18.6 Å². The predicted molar refractivity (Wildman–Crippen MR) is 157 cm³/mol. The van der Waals surface area contributed by atoms with Crippen molar-refractivity contribution >= 4 is 43.8 Å². The van der Waals surface area contributed by atoms with Crippen molar-refractivity contribution in [2.45, 2.75) is 45.3 Å². The number of aromatic nitrogens is 3. The SMILES string of the molecule is CC(C)(C)OC(=O)NC1CCN(c2cccc3ccc(-n4cnc5cc(OCCOS(C)(=O)=O)ccc54)nc23)CC1. The van der Waals surface area contributed by atoms with Gasteiger partial charge in [0.05, 0.1) is 28.5 Å². The lowest BCUT2D eigenvalue weighted by Crippen LogP contribution is -2.46. The molecule has 218 valence electrons. The first-order valence-corrected chi connectivity index (χ1v) is 15.4. The fourth-order valence-corrected chi connectivity index (χ4v) is 5.23. The number of alkyl carbamates (subject to hydrolysis) is 1. The largest absolute Gasteiger partial charge is 0.491 e. The first kappa shape index (κ1) is 28.6. The van der Waals surface area contributed by atoms with Crippen LogP contribution in [0.5, 0.6) is 5.75 Å². The first-order valence-electron chi connectivity index (χ1n) is 13.5. The molecule has 3 heterocycles. The zero-order valence-electron chi connectivity index (χ0n) is 23.7. The topological polar surface area (TPSA) is 125 Å². The molecule has 0 spiro atoms. The Kier molecular flexibility index (Phi) is 8.05. The Morgan fingerprint density at radius 3 is 2.59 bits per heavy atom. The highest BCUT2D eigenvalue weighted by molar-refractivity contribution is 7.85. The van der Waals surface area contributed by atoms with E-state index in [9.17, 15) is 13.2 Å². The van der Waals surface area contributed by atoms with Crippen LogP contribution in [-0.4, -0.2) is 73.2 Å². The van der Waals surface area contributed by atoms with Crippen LogP contribution in [0.25, 0.3) is 27.8 Å². The van der Waals surface area contributed by atoms with Crippen molar-refractivity contribution in [3.05, 3.63) is 54.9 Å². The van der Waals surface area contributed by atoms with Gasteiger partial charge in [0, 0.05) is 30.6 Å². The summed E-state index contributed by atoms with van der Waals surface area (Å²) in [5.41, 5.74) is 3.02. The highest BCUT2D eigenvalue weighted by atomic mass is 32.2. The monoisotopic (exact) mass is 581 g/mol. The molecule has 0 unspecified atom stereocenters. The molecule has 0 bridgehead atoms. The zero-order chi connectivity index (χ0) is 29.2. The molecule has 1 aliphatic heterocycles. The average Bonchev–Trinajstić information content (AvgIpc) is 3.33. The second kappa shape index (κ2) is 11.5. The van der Waals surface area contributed by atoms with Crippen molar-refractivity contribution in [3.8, 4) is 11.6 Å². The van der Waals surface area contributed by atoms with Gasteiger partial charge in [0.25, 0.3) is 10.1 Å². The van der Waals surface area contributed by atoms with E-state index in [1.807, 2.05) is 49.6 Å². The number of carbonyl (C=O) groups is 1. The molecule has 5 rings (SSSR count). The summed E-state index contributed by atoms with van der Waals surface area (Å²) in [5.74, 6) is 1.31. The molecule has 0 atom stereocenters. The summed E-state index contributed by atoms with van der Waals surface area (Å²) in [6.07, 6.45) is 3.98. The van der Waals surface area contributed by atoms with E-state index in [2.05, 4.69) is 33.4 Å². The van der Waals surface area contributed by atoms with Crippen molar-refractivity contribution in [2.75, 3.05) is 37.5 Å². The van der Waals surface area contributed by atoms with Crippen molar-refractivity contribution in [1.29, 1.82) is 0 Å². The third-order valence-electron chi connectivity index (χ3n) is 6.66. The number of benzene rings is 2. The molecule has 2 aromatic carbocycles. The molecular weight excluding hydrogens is 546 g/mol. The third kappa shape index (κ3) is 7.25. The third-order valence-corrected chi connectivity index (χ3v) is 7.25. The minimum Gasteiger partial charge on any atom is -0.491 e. The molecule has 4 aromatic rings. The number of carbonyl (C=O) groups excluding carboxylic acids is 1. The maximum atomic E-state index is 12.2. The summed E-state index contributed by atoms with van der Waals surface area (Å²) in [6.45, 7) is 7.19. The van der Waals surface area contributed by atoms with Gasteiger partial charge in [-0.2, -0.15) is 8.42 Å². The number of anilines is 1. The van der Waals surface area contributed by atoms with Gasteiger partial charge in [-0.1, -0.05) is 12.1 Å². The zero-order valence-corrected chi connectivity index (χ0v) is 24.5. The van der Waals surface area contributed by atoms with Gasteiger partial charge in [-0.05, 0) is 63.9 Å². The van der Waals surface area contributed by atoms with Gasteiger partial charge >= 0.3 is 6.09 Å². The molecule has 0 saturated carbocycles. The number of fused-ring (bicyclic) bond motifs is 2. The fraction of sp³-hybridized carbons (Fsp3) is 0.414. The van der Waals surface area contributed by atoms with Crippen LogP contribution in [0.1, 0.15) is 33.6 Å². The minimum atomic E-state index is -3.50. The van der Waals surface area contributed by atoms with Crippen molar-refractivity contribution in [2.24, 2.45) is 0 Å². The number of rotatable bonds is 8. The van der Waals surface area contributed by atoms with Crippen LogP contribution in [-0.2, 0) is 19.0 Å². The van der Waals surface area contributed by atoms with Crippen LogP contribution in [0.4, 0.5) is 10.5 Å². The molecule has 1 fully saturated rings. The summed E-state index contributed by atoms with van der Waals surface area (Å²) in [4.78, 5) is 24.1. The summed E-state index contributed by atoms with van der Waals surface area (Å²) in [5, 5.41) is 4.04. The van der Waals surface area contributed by atoms with E-state index in [0.717, 1.165) is 65.6 Å². The normalized spacial score (nSPS) is 14.9. The van der Waals surface area contributed by atoms with Gasteiger partial charge in [-0.25, -0.2) is 14.8 Å². The number of para-hydroxylation sites is 1. The number of piperidine rings is 1. The Labute approximate surface area is 239 Å². The van der Waals surface area contributed by atoms with Crippen LogP contribution < -0.4 is 15.0 Å². The highest BCUT2D eigenvalue weighted by Gasteiger charge is 2.25. The van der Waals surface area contributed by atoms with Gasteiger partial charge < -0.3 is 19.7 Å². The maximum absolute atomic E-state index is 12.2. The fourth-order valence-electron chi connectivity index (χ4n) is 4.86. The quantitative estimate of drug-likeness (QED) is 0.238. The molecule has 1 amide bonds. The molecule has 41 heavy (non-hydrogen) atoms. The number of amides is 1. The molecule has 11 nitrogen and oxygen atoms in total. The number of nitrogens with zero attached hydrogens (tertiary/aromatic N) is 4. The Bertz CT molecular complexity index is 1660. The van der Waals surface area contributed by atoms with E-state index >= 15 is 0 Å². The molecule has 2 aromatic heterocycles. The number of hydrogen-bond donors (Lipinski definition) is 1. The molecule has 12 heteroatoms. The number of hydrogen-bond acceptors (Lipinski definition) is 9. The molecule has 1 N–H and O–H groups in total. The molecule has 0 aliphatic carbocycles. The molecule has 1 saturated heterocycles. The lowest BCUT2D eigenvalue weighted by molar-refractivity contribution is 0.0497. The first-order chi connectivity index (χ1) is 19.4. The van der Waals surface area contributed by atoms with Crippen LogP contribution in [0.15, 0.2) is 54.9 Å². The molecule has 0 radical (unpaired) electrons. The summed E-state index contributed by atoms with van der Waals surface area (Å²) >= 11 is 0. The maximum Gasteiger partial charge on any atom is 0.407 e. The Balaban J connectivity index is 1.31.